The molecule has 5 heteroatoms. The Balaban J connectivity index is 2.16. The number of hydrogen-bond acceptors (Lipinski definition) is 4. The second-order valence-electron chi connectivity index (χ2n) is 4.42. The highest BCUT2D eigenvalue weighted by molar-refractivity contribution is 5.88. The summed E-state index contributed by atoms with van der Waals surface area (Å²) in [6, 6.07) is 10.8. The van der Waals surface area contributed by atoms with Crippen LogP contribution in [0.1, 0.15) is 15.9 Å². The number of carboxylic acid groups (broad SMARTS) is 1. The quantitative estimate of drug-likeness (QED) is 0.905. The molecule has 0 unspecified atom stereocenters. The van der Waals surface area contributed by atoms with Gasteiger partial charge < -0.3 is 14.7 Å². The number of anilines is 1. The normalized spacial score (nSPS) is 10.1. The Morgan fingerprint density at radius 2 is 2.15 bits per heavy atom. The molecule has 0 amide bonds. The smallest absolute Gasteiger partial charge is 0.335 e. The third-order valence-corrected chi connectivity index (χ3v) is 2.94. The second-order valence-corrected chi connectivity index (χ2v) is 4.42. The lowest BCUT2D eigenvalue weighted by atomic mass is 10.2. The summed E-state index contributed by atoms with van der Waals surface area (Å²) in [5.41, 5.74) is 1.29. The van der Waals surface area contributed by atoms with Gasteiger partial charge in [-0.05, 0) is 29.8 Å². The number of aromatic nitrogens is 1. The van der Waals surface area contributed by atoms with Crippen LogP contribution < -0.4 is 9.64 Å². The molecular weight excluding hydrogens is 256 g/mol. The van der Waals surface area contributed by atoms with Crippen molar-refractivity contribution in [1.29, 1.82) is 0 Å². The van der Waals surface area contributed by atoms with Gasteiger partial charge in [0, 0.05) is 19.8 Å². The topological polar surface area (TPSA) is 62.7 Å². The molecule has 20 heavy (non-hydrogen) atoms. The van der Waals surface area contributed by atoms with Crippen LogP contribution in [0.4, 0.5) is 5.82 Å². The fraction of sp³-hybridized carbons (Fsp3) is 0.200. The highest BCUT2D eigenvalue weighted by Gasteiger charge is 2.08. The maximum absolute atomic E-state index is 11.0. The molecule has 0 radical (unpaired) electrons. The van der Waals surface area contributed by atoms with Gasteiger partial charge in [-0.25, -0.2) is 9.78 Å². The van der Waals surface area contributed by atoms with Gasteiger partial charge in [0.15, 0.2) is 0 Å². The van der Waals surface area contributed by atoms with Crippen molar-refractivity contribution in [2.45, 2.75) is 6.54 Å². The zero-order chi connectivity index (χ0) is 14.5. The Kier molecular flexibility index (Phi) is 4.20. The predicted molar refractivity (Wildman–Crippen MR) is 76.3 cm³/mol. The van der Waals surface area contributed by atoms with E-state index in [1.165, 1.54) is 12.3 Å². The average Bonchev–Trinajstić information content (AvgIpc) is 2.47. The lowest BCUT2D eigenvalue weighted by Crippen LogP contribution is -2.18. The molecule has 0 saturated carbocycles. The number of ether oxygens (including phenoxy) is 1. The van der Waals surface area contributed by atoms with E-state index >= 15 is 0 Å². The van der Waals surface area contributed by atoms with Crippen LogP contribution in [0.3, 0.4) is 0 Å². The Labute approximate surface area is 117 Å². The van der Waals surface area contributed by atoms with Crippen molar-refractivity contribution in [2.24, 2.45) is 0 Å². The molecule has 0 aliphatic heterocycles. The number of nitrogens with zero attached hydrogens (tertiary/aromatic N) is 2. The van der Waals surface area contributed by atoms with E-state index in [1.807, 2.05) is 36.2 Å². The average molecular weight is 272 g/mol. The maximum atomic E-state index is 11.0. The van der Waals surface area contributed by atoms with E-state index in [4.69, 9.17) is 9.84 Å². The van der Waals surface area contributed by atoms with Crippen LogP contribution in [0, 0.1) is 0 Å². The minimum absolute atomic E-state index is 0.229. The highest BCUT2D eigenvalue weighted by Crippen LogP contribution is 2.17. The predicted octanol–water partition coefficient (Wildman–Crippen LogP) is 2.42. The lowest BCUT2D eigenvalue weighted by Gasteiger charge is -2.18. The molecule has 1 aromatic carbocycles. The first-order valence-corrected chi connectivity index (χ1v) is 6.13. The van der Waals surface area contributed by atoms with Gasteiger partial charge in [0.25, 0.3) is 0 Å². The van der Waals surface area contributed by atoms with Crippen molar-refractivity contribution in [3.8, 4) is 5.75 Å². The minimum Gasteiger partial charge on any atom is -0.497 e. The molecule has 1 aromatic heterocycles. The summed E-state index contributed by atoms with van der Waals surface area (Å²) < 4.78 is 5.18. The Hall–Kier alpha value is -2.56. The molecule has 1 N–H and O–H groups in total. The molecule has 0 saturated heterocycles. The van der Waals surface area contributed by atoms with Crippen molar-refractivity contribution in [3.05, 3.63) is 53.7 Å². The van der Waals surface area contributed by atoms with E-state index in [0.29, 0.717) is 12.4 Å². The standard InChI is InChI=1S/C15H16N2O3/c1-17(10-11-4-3-5-13(8-11)20-2)14-9-12(15(18)19)6-7-16-14/h3-9H,10H2,1-2H3,(H,18,19). The summed E-state index contributed by atoms with van der Waals surface area (Å²) in [4.78, 5) is 17.0. The number of benzene rings is 1. The summed E-state index contributed by atoms with van der Waals surface area (Å²) in [6.45, 7) is 0.618. The molecule has 2 rings (SSSR count). The molecule has 1 heterocycles. The molecule has 0 spiro atoms. The molecule has 5 nitrogen and oxygen atoms in total. The number of hydrogen-bond donors (Lipinski definition) is 1. The summed E-state index contributed by atoms with van der Waals surface area (Å²) >= 11 is 0. The van der Waals surface area contributed by atoms with E-state index in [2.05, 4.69) is 4.98 Å². The van der Waals surface area contributed by atoms with Crippen molar-refractivity contribution in [3.63, 3.8) is 0 Å². The molecule has 2 aromatic rings. The van der Waals surface area contributed by atoms with Gasteiger partial charge >= 0.3 is 5.97 Å². The van der Waals surface area contributed by atoms with Crippen LogP contribution >= 0.6 is 0 Å². The van der Waals surface area contributed by atoms with Crippen molar-refractivity contribution < 1.29 is 14.6 Å². The van der Waals surface area contributed by atoms with E-state index in [1.54, 1.807) is 13.2 Å². The number of aromatic carboxylic acids is 1. The number of methoxy groups -OCH3 is 1. The van der Waals surface area contributed by atoms with E-state index < -0.39 is 5.97 Å². The number of carboxylic acids is 1. The number of carbonyl (C=O) groups is 1. The zero-order valence-corrected chi connectivity index (χ0v) is 11.4. The molecule has 0 fully saturated rings. The van der Waals surface area contributed by atoms with Gasteiger partial charge in [-0.2, -0.15) is 0 Å². The zero-order valence-electron chi connectivity index (χ0n) is 11.4. The third kappa shape index (κ3) is 3.26. The van der Waals surface area contributed by atoms with Crippen LogP contribution in [0.2, 0.25) is 0 Å². The first-order chi connectivity index (χ1) is 9.60. The second kappa shape index (κ2) is 6.06. The van der Waals surface area contributed by atoms with Crippen molar-refractivity contribution >= 4 is 11.8 Å². The van der Waals surface area contributed by atoms with Crippen molar-refractivity contribution in [2.75, 3.05) is 19.1 Å². The molecule has 104 valence electrons. The van der Waals surface area contributed by atoms with E-state index in [9.17, 15) is 4.79 Å². The Morgan fingerprint density at radius 1 is 1.35 bits per heavy atom. The molecule has 0 bridgehead atoms. The fourth-order valence-electron chi connectivity index (χ4n) is 1.89. The lowest BCUT2D eigenvalue weighted by molar-refractivity contribution is 0.0697. The molecule has 0 aliphatic rings. The highest BCUT2D eigenvalue weighted by atomic mass is 16.5. The van der Waals surface area contributed by atoms with Gasteiger partial charge in [-0.3, -0.25) is 0 Å². The first kappa shape index (κ1) is 13.9. The van der Waals surface area contributed by atoms with Gasteiger partial charge in [-0.1, -0.05) is 12.1 Å². The van der Waals surface area contributed by atoms with Crippen LogP contribution in [0.15, 0.2) is 42.6 Å². The fourth-order valence-corrected chi connectivity index (χ4v) is 1.89. The van der Waals surface area contributed by atoms with E-state index in [-0.39, 0.29) is 5.56 Å². The van der Waals surface area contributed by atoms with Gasteiger partial charge in [0.1, 0.15) is 11.6 Å². The van der Waals surface area contributed by atoms with Crippen LogP contribution in [-0.4, -0.2) is 30.2 Å². The Bertz CT molecular complexity index is 614. The minimum atomic E-state index is -0.955. The SMILES string of the molecule is COc1cccc(CN(C)c2cc(C(=O)O)ccn2)c1. The van der Waals surface area contributed by atoms with Gasteiger partial charge in [0.05, 0.1) is 12.7 Å². The molecule has 0 atom stereocenters. The van der Waals surface area contributed by atoms with Crippen LogP contribution in [0.5, 0.6) is 5.75 Å². The van der Waals surface area contributed by atoms with Gasteiger partial charge in [0.2, 0.25) is 0 Å². The van der Waals surface area contributed by atoms with Crippen molar-refractivity contribution in [1.82, 2.24) is 4.98 Å². The van der Waals surface area contributed by atoms with Crippen LogP contribution in [-0.2, 0) is 6.54 Å². The first-order valence-electron chi connectivity index (χ1n) is 6.13. The maximum Gasteiger partial charge on any atom is 0.335 e. The van der Waals surface area contributed by atoms with Crippen LogP contribution in [0.25, 0.3) is 0 Å². The largest absolute Gasteiger partial charge is 0.497 e. The number of pyridine rings is 1. The summed E-state index contributed by atoms with van der Waals surface area (Å²) in [7, 11) is 3.49. The number of rotatable bonds is 5. The third-order valence-electron chi connectivity index (χ3n) is 2.94. The monoisotopic (exact) mass is 272 g/mol. The summed E-state index contributed by atoms with van der Waals surface area (Å²) in [6.07, 6.45) is 1.50. The van der Waals surface area contributed by atoms with Gasteiger partial charge in [-0.15, -0.1) is 0 Å². The molecule has 0 aliphatic carbocycles. The molecular formula is C15H16N2O3. The summed E-state index contributed by atoms with van der Waals surface area (Å²) in [5.74, 6) is 0.458. The summed E-state index contributed by atoms with van der Waals surface area (Å²) in [5, 5.41) is 8.99. The van der Waals surface area contributed by atoms with E-state index in [0.717, 1.165) is 11.3 Å². The Morgan fingerprint density at radius 3 is 2.85 bits per heavy atom.